The van der Waals surface area contributed by atoms with Gasteiger partial charge in [0, 0.05) is 32.7 Å². The standard InChI is InChI=1S/C20H31FN4O/c1-3-4-16-13-18(16)24-20(22-2)23-14-19(25-9-11-26-12-10-25)15-5-7-17(21)8-6-15/h5-8,16,18-19H,3-4,9-14H2,1-2H3,(H2,22,23,24). The molecule has 0 radical (unpaired) electrons. The van der Waals surface area contributed by atoms with Crippen LogP contribution in [0.25, 0.3) is 0 Å². The topological polar surface area (TPSA) is 48.9 Å². The van der Waals surface area contributed by atoms with E-state index in [1.54, 1.807) is 0 Å². The van der Waals surface area contributed by atoms with Crippen molar-refractivity contribution >= 4 is 5.96 Å². The van der Waals surface area contributed by atoms with Crippen molar-refractivity contribution in [2.45, 2.75) is 38.3 Å². The van der Waals surface area contributed by atoms with Crippen LogP contribution in [0.15, 0.2) is 29.3 Å². The van der Waals surface area contributed by atoms with Crippen LogP contribution in [0.5, 0.6) is 0 Å². The lowest BCUT2D eigenvalue weighted by atomic mass is 10.0. The number of ether oxygens (including phenoxy) is 1. The normalized spacial score (nSPS) is 25.0. The number of guanidine groups is 1. The molecule has 0 amide bonds. The largest absolute Gasteiger partial charge is 0.379 e. The fourth-order valence-corrected chi connectivity index (χ4v) is 3.71. The van der Waals surface area contributed by atoms with Gasteiger partial charge in [0.1, 0.15) is 5.82 Å². The van der Waals surface area contributed by atoms with Crippen LogP contribution in [0.4, 0.5) is 4.39 Å². The third-order valence-corrected chi connectivity index (χ3v) is 5.33. The number of rotatable bonds is 7. The maximum absolute atomic E-state index is 13.3. The van der Waals surface area contributed by atoms with Gasteiger partial charge in [-0.15, -0.1) is 0 Å². The SMILES string of the molecule is CCCC1CC1NC(=NC)NCC(c1ccc(F)cc1)N1CCOCC1. The number of halogens is 1. The Kier molecular flexibility index (Phi) is 6.86. The Hall–Kier alpha value is -1.66. The molecule has 2 aliphatic rings. The molecule has 1 heterocycles. The number of hydrogen-bond donors (Lipinski definition) is 2. The van der Waals surface area contributed by atoms with Crippen molar-refractivity contribution in [3.8, 4) is 0 Å². The molecule has 5 nitrogen and oxygen atoms in total. The van der Waals surface area contributed by atoms with Gasteiger partial charge in [0.2, 0.25) is 0 Å². The Morgan fingerprint density at radius 1 is 1.31 bits per heavy atom. The summed E-state index contributed by atoms with van der Waals surface area (Å²) in [5.74, 6) is 1.44. The summed E-state index contributed by atoms with van der Waals surface area (Å²) in [5.41, 5.74) is 1.12. The van der Waals surface area contributed by atoms with E-state index in [9.17, 15) is 4.39 Å². The lowest BCUT2D eigenvalue weighted by molar-refractivity contribution is 0.0170. The molecule has 3 rings (SSSR count). The highest BCUT2D eigenvalue weighted by Crippen LogP contribution is 2.34. The van der Waals surface area contributed by atoms with Crippen LogP contribution in [-0.4, -0.2) is 56.8 Å². The van der Waals surface area contributed by atoms with E-state index in [4.69, 9.17) is 4.74 Å². The molecule has 1 aliphatic heterocycles. The van der Waals surface area contributed by atoms with E-state index in [1.807, 2.05) is 19.2 Å². The molecule has 3 atom stereocenters. The van der Waals surface area contributed by atoms with Gasteiger partial charge in [0.05, 0.1) is 19.3 Å². The molecule has 0 aromatic heterocycles. The number of hydrogen-bond acceptors (Lipinski definition) is 3. The zero-order chi connectivity index (χ0) is 18.4. The fraction of sp³-hybridized carbons (Fsp3) is 0.650. The van der Waals surface area contributed by atoms with E-state index >= 15 is 0 Å². The van der Waals surface area contributed by atoms with E-state index in [1.165, 1.54) is 31.4 Å². The van der Waals surface area contributed by atoms with Crippen LogP contribution in [0.3, 0.4) is 0 Å². The molecule has 6 heteroatoms. The molecule has 3 unspecified atom stereocenters. The van der Waals surface area contributed by atoms with E-state index in [0.717, 1.165) is 50.3 Å². The molecule has 2 fully saturated rings. The molecule has 1 saturated carbocycles. The van der Waals surface area contributed by atoms with Crippen LogP contribution < -0.4 is 10.6 Å². The van der Waals surface area contributed by atoms with Crippen molar-refractivity contribution in [2.24, 2.45) is 10.9 Å². The van der Waals surface area contributed by atoms with Crippen LogP contribution in [0, 0.1) is 11.7 Å². The van der Waals surface area contributed by atoms with Crippen molar-refractivity contribution in [1.82, 2.24) is 15.5 Å². The second-order valence-corrected chi connectivity index (χ2v) is 7.20. The zero-order valence-electron chi connectivity index (χ0n) is 15.9. The monoisotopic (exact) mass is 362 g/mol. The fourth-order valence-electron chi connectivity index (χ4n) is 3.71. The molecule has 1 aromatic carbocycles. The number of morpholine rings is 1. The van der Waals surface area contributed by atoms with E-state index in [2.05, 4.69) is 27.4 Å². The Balaban J connectivity index is 1.60. The smallest absolute Gasteiger partial charge is 0.191 e. The van der Waals surface area contributed by atoms with Gasteiger partial charge in [-0.3, -0.25) is 9.89 Å². The van der Waals surface area contributed by atoms with Gasteiger partial charge >= 0.3 is 0 Å². The summed E-state index contributed by atoms with van der Waals surface area (Å²) in [5, 5.41) is 7.01. The third-order valence-electron chi connectivity index (χ3n) is 5.33. The summed E-state index contributed by atoms with van der Waals surface area (Å²) >= 11 is 0. The highest BCUT2D eigenvalue weighted by atomic mass is 19.1. The van der Waals surface area contributed by atoms with Gasteiger partial charge in [-0.1, -0.05) is 25.5 Å². The van der Waals surface area contributed by atoms with Crippen molar-refractivity contribution < 1.29 is 9.13 Å². The van der Waals surface area contributed by atoms with Gasteiger partial charge in [0.25, 0.3) is 0 Å². The van der Waals surface area contributed by atoms with Gasteiger partial charge < -0.3 is 15.4 Å². The Labute approximate surface area is 156 Å². The van der Waals surface area contributed by atoms with E-state index in [0.29, 0.717) is 6.04 Å². The number of nitrogens with one attached hydrogen (secondary N) is 2. The van der Waals surface area contributed by atoms with Crippen LogP contribution in [0.2, 0.25) is 0 Å². The van der Waals surface area contributed by atoms with Crippen LogP contribution in [-0.2, 0) is 4.74 Å². The zero-order valence-corrected chi connectivity index (χ0v) is 15.9. The highest BCUT2D eigenvalue weighted by Gasteiger charge is 2.36. The van der Waals surface area contributed by atoms with Crippen LogP contribution in [0.1, 0.15) is 37.8 Å². The molecule has 1 saturated heterocycles. The number of nitrogens with zero attached hydrogens (tertiary/aromatic N) is 2. The van der Waals surface area contributed by atoms with Crippen molar-refractivity contribution in [3.05, 3.63) is 35.6 Å². The lowest BCUT2D eigenvalue weighted by Gasteiger charge is -2.35. The molecule has 1 aromatic rings. The van der Waals surface area contributed by atoms with Crippen molar-refractivity contribution in [1.29, 1.82) is 0 Å². The van der Waals surface area contributed by atoms with Crippen molar-refractivity contribution in [3.63, 3.8) is 0 Å². The van der Waals surface area contributed by atoms with Crippen LogP contribution >= 0.6 is 0 Å². The minimum absolute atomic E-state index is 0.170. The third kappa shape index (κ3) is 5.17. The Bertz CT molecular complexity index is 586. The maximum atomic E-state index is 13.3. The first-order valence-electron chi connectivity index (χ1n) is 9.75. The number of benzene rings is 1. The number of aliphatic imine (C=N–C) groups is 1. The minimum atomic E-state index is -0.199. The minimum Gasteiger partial charge on any atom is -0.379 e. The first-order valence-corrected chi connectivity index (χ1v) is 9.75. The molecule has 0 spiro atoms. The summed E-state index contributed by atoms with van der Waals surface area (Å²) in [6.07, 6.45) is 3.75. The van der Waals surface area contributed by atoms with Gasteiger partial charge in [-0.05, 0) is 36.5 Å². The summed E-state index contributed by atoms with van der Waals surface area (Å²) in [4.78, 5) is 6.78. The van der Waals surface area contributed by atoms with E-state index in [-0.39, 0.29) is 11.9 Å². The molecule has 0 bridgehead atoms. The predicted molar refractivity (Wildman–Crippen MR) is 103 cm³/mol. The summed E-state index contributed by atoms with van der Waals surface area (Å²) in [6, 6.07) is 7.56. The summed E-state index contributed by atoms with van der Waals surface area (Å²) in [6.45, 7) is 6.22. The second kappa shape index (κ2) is 9.33. The molecule has 1 aliphatic carbocycles. The maximum Gasteiger partial charge on any atom is 0.191 e. The molecular formula is C20H31FN4O. The van der Waals surface area contributed by atoms with Crippen molar-refractivity contribution in [2.75, 3.05) is 39.9 Å². The highest BCUT2D eigenvalue weighted by molar-refractivity contribution is 5.80. The predicted octanol–water partition coefficient (Wildman–Crippen LogP) is 2.55. The first-order chi connectivity index (χ1) is 12.7. The Morgan fingerprint density at radius 2 is 2.04 bits per heavy atom. The molecular weight excluding hydrogens is 331 g/mol. The first kappa shape index (κ1) is 19.1. The average molecular weight is 362 g/mol. The van der Waals surface area contributed by atoms with E-state index < -0.39 is 0 Å². The second-order valence-electron chi connectivity index (χ2n) is 7.20. The average Bonchev–Trinajstić information content (AvgIpc) is 3.41. The lowest BCUT2D eigenvalue weighted by Crippen LogP contribution is -2.46. The van der Waals surface area contributed by atoms with Gasteiger partial charge in [-0.2, -0.15) is 0 Å². The van der Waals surface area contributed by atoms with Gasteiger partial charge in [-0.25, -0.2) is 4.39 Å². The van der Waals surface area contributed by atoms with Gasteiger partial charge in [0.15, 0.2) is 5.96 Å². The quantitative estimate of drug-likeness (QED) is 0.578. The summed E-state index contributed by atoms with van der Waals surface area (Å²) < 4.78 is 18.8. The summed E-state index contributed by atoms with van der Waals surface area (Å²) in [7, 11) is 1.81. The molecule has 26 heavy (non-hydrogen) atoms. The Morgan fingerprint density at radius 3 is 2.69 bits per heavy atom. The molecule has 2 N–H and O–H groups in total. The molecule has 144 valence electrons.